The van der Waals surface area contributed by atoms with Gasteiger partial charge in [-0.05, 0) is 41.7 Å². The average Bonchev–Trinajstić information content (AvgIpc) is 3.33. The lowest BCUT2D eigenvalue weighted by molar-refractivity contribution is -0.125. The molecule has 0 bridgehead atoms. The predicted molar refractivity (Wildman–Crippen MR) is 141 cm³/mol. The van der Waals surface area contributed by atoms with E-state index in [9.17, 15) is 14.7 Å². The molecule has 9 heteroatoms. The molecule has 9 nitrogen and oxygen atoms in total. The van der Waals surface area contributed by atoms with Gasteiger partial charge in [-0.25, -0.2) is 4.98 Å². The highest BCUT2D eigenvalue weighted by atomic mass is 16.5. The minimum atomic E-state index is -1.02. The number of benzene rings is 1. The first-order valence-electron chi connectivity index (χ1n) is 12.2. The molecule has 0 radical (unpaired) electrons. The van der Waals surface area contributed by atoms with E-state index in [4.69, 9.17) is 4.74 Å². The molecule has 3 unspecified atom stereocenters. The first-order chi connectivity index (χ1) is 17.7. The molecule has 37 heavy (non-hydrogen) atoms. The monoisotopic (exact) mass is 503 g/mol. The summed E-state index contributed by atoms with van der Waals surface area (Å²) < 4.78 is 5.11. The second-order valence-corrected chi connectivity index (χ2v) is 10.1. The minimum absolute atomic E-state index is 0.0774. The first kappa shape index (κ1) is 26.2. The van der Waals surface area contributed by atoms with Gasteiger partial charge < -0.3 is 20.5 Å². The van der Waals surface area contributed by atoms with Crippen molar-refractivity contribution in [3.8, 4) is 5.88 Å². The molecule has 0 saturated carbocycles. The van der Waals surface area contributed by atoms with E-state index in [1.807, 2.05) is 24.3 Å². The summed E-state index contributed by atoms with van der Waals surface area (Å²) in [5.41, 5.74) is 2.60. The van der Waals surface area contributed by atoms with Gasteiger partial charge in [-0.3, -0.25) is 19.5 Å². The molecular weight excluding hydrogens is 470 g/mol. The number of β-amino-alcohol motifs (C(OH)–C–C–N with tert-alkyl or cyclic N) is 1. The average molecular weight is 504 g/mol. The van der Waals surface area contributed by atoms with E-state index < -0.39 is 24.1 Å². The van der Waals surface area contributed by atoms with E-state index >= 15 is 0 Å². The summed E-state index contributed by atoms with van der Waals surface area (Å²) in [5, 5.41) is 16.1. The number of carbonyl (C=O) groups is 2. The van der Waals surface area contributed by atoms with Gasteiger partial charge in [-0.1, -0.05) is 39.0 Å². The smallest absolute Gasteiger partial charge is 0.252 e. The molecule has 1 saturated heterocycles. The number of aliphatic hydroxyl groups is 1. The summed E-state index contributed by atoms with van der Waals surface area (Å²) in [4.78, 5) is 37.6. The number of rotatable bonds is 7. The number of pyridine rings is 2. The van der Waals surface area contributed by atoms with Crippen molar-refractivity contribution in [1.82, 2.24) is 15.3 Å². The number of hydrogen-bond acceptors (Lipinski definition) is 7. The van der Waals surface area contributed by atoms with Crippen LogP contribution in [-0.2, 0) is 15.0 Å². The van der Waals surface area contributed by atoms with Gasteiger partial charge in [0.15, 0.2) is 0 Å². The summed E-state index contributed by atoms with van der Waals surface area (Å²) >= 11 is 0. The summed E-state index contributed by atoms with van der Waals surface area (Å²) in [5.74, 6) is -0.313. The van der Waals surface area contributed by atoms with Crippen molar-refractivity contribution in [2.45, 2.75) is 50.8 Å². The van der Waals surface area contributed by atoms with Gasteiger partial charge in [0.25, 0.3) is 5.91 Å². The molecule has 0 spiro atoms. The molecule has 3 atom stereocenters. The third-order valence-corrected chi connectivity index (χ3v) is 6.37. The fourth-order valence-electron chi connectivity index (χ4n) is 4.34. The molecule has 2 aromatic heterocycles. The van der Waals surface area contributed by atoms with E-state index in [-0.39, 0.29) is 17.7 Å². The van der Waals surface area contributed by atoms with Crippen LogP contribution in [0.4, 0.5) is 11.4 Å². The molecule has 1 fully saturated rings. The van der Waals surface area contributed by atoms with Crippen LogP contribution in [-0.4, -0.2) is 52.7 Å². The number of methoxy groups -OCH3 is 1. The molecule has 3 N–H and O–H groups in total. The zero-order valence-electron chi connectivity index (χ0n) is 21.5. The van der Waals surface area contributed by atoms with Gasteiger partial charge in [-0.2, -0.15) is 0 Å². The van der Waals surface area contributed by atoms with Crippen LogP contribution in [0.2, 0.25) is 0 Å². The number of aromatic nitrogens is 2. The highest BCUT2D eigenvalue weighted by Gasteiger charge is 2.39. The Bertz CT molecular complexity index is 1210. The van der Waals surface area contributed by atoms with Crippen molar-refractivity contribution < 1.29 is 19.4 Å². The number of aliphatic hydroxyl groups excluding tert-OH is 1. The lowest BCUT2D eigenvalue weighted by atomic mass is 9.87. The van der Waals surface area contributed by atoms with Crippen molar-refractivity contribution in [2.24, 2.45) is 0 Å². The van der Waals surface area contributed by atoms with Crippen LogP contribution in [0.5, 0.6) is 5.88 Å². The number of anilines is 2. The molecule has 4 rings (SSSR count). The number of ether oxygens (including phenoxy) is 1. The van der Waals surface area contributed by atoms with Crippen LogP contribution >= 0.6 is 0 Å². The van der Waals surface area contributed by atoms with E-state index in [0.717, 1.165) is 5.56 Å². The molecule has 3 heterocycles. The molecule has 1 aliphatic heterocycles. The summed E-state index contributed by atoms with van der Waals surface area (Å²) in [6.45, 7) is 6.66. The quantitative estimate of drug-likeness (QED) is 0.453. The molecule has 3 aromatic rings. The van der Waals surface area contributed by atoms with Gasteiger partial charge in [0.1, 0.15) is 6.04 Å². The van der Waals surface area contributed by atoms with Crippen molar-refractivity contribution in [2.75, 3.05) is 23.9 Å². The normalized spacial score (nSPS) is 18.2. The second kappa shape index (κ2) is 11.1. The van der Waals surface area contributed by atoms with Crippen LogP contribution in [0.25, 0.3) is 0 Å². The maximum absolute atomic E-state index is 14.0. The van der Waals surface area contributed by atoms with Crippen molar-refractivity contribution in [3.63, 3.8) is 0 Å². The molecule has 1 aromatic carbocycles. The van der Waals surface area contributed by atoms with Crippen molar-refractivity contribution >= 4 is 23.2 Å². The number of nitrogens with zero attached hydrogens (tertiary/aromatic N) is 3. The van der Waals surface area contributed by atoms with Gasteiger partial charge in [0, 0.05) is 36.3 Å². The van der Waals surface area contributed by atoms with E-state index in [1.54, 1.807) is 36.7 Å². The lowest BCUT2D eigenvalue weighted by Gasteiger charge is -2.33. The number of nitrogens with one attached hydrogen (secondary N) is 2. The molecule has 0 aliphatic carbocycles. The number of hydrogen-bond donors (Lipinski definition) is 3. The molecular formula is C28H33N5O4. The topological polar surface area (TPSA) is 117 Å². The standard InChI is InChI=1S/C28H33N5O4/c1-28(2,3)19-7-10-21(11-8-19)33(27(36)23-14-22(34)17-30-23)25(18-6-5-13-29-15-18)26(35)32-20-9-12-24(37-4)31-16-20/h5-13,15-16,22-23,25,30,34H,14,17H2,1-4H3,(H,32,35). The van der Waals surface area contributed by atoms with Crippen LogP contribution in [0.1, 0.15) is 44.4 Å². The van der Waals surface area contributed by atoms with Gasteiger partial charge in [-0.15, -0.1) is 0 Å². The summed E-state index contributed by atoms with van der Waals surface area (Å²) in [6, 6.07) is 12.8. The Morgan fingerprint density at radius 1 is 1.14 bits per heavy atom. The van der Waals surface area contributed by atoms with Gasteiger partial charge in [0.2, 0.25) is 11.8 Å². The van der Waals surface area contributed by atoms with Crippen LogP contribution in [0.3, 0.4) is 0 Å². The SMILES string of the molecule is COc1ccc(NC(=O)C(c2cccnc2)N(C(=O)C2CC(O)CN2)c2ccc(C(C)(C)C)cc2)cn1. The third-order valence-electron chi connectivity index (χ3n) is 6.37. The molecule has 194 valence electrons. The molecule has 2 amide bonds. The fourth-order valence-corrected chi connectivity index (χ4v) is 4.34. The first-order valence-corrected chi connectivity index (χ1v) is 12.2. The minimum Gasteiger partial charge on any atom is -0.481 e. The highest BCUT2D eigenvalue weighted by molar-refractivity contribution is 6.07. The van der Waals surface area contributed by atoms with E-state index in [2.05, 4.69) is 41.4 Å². The highest BCUT2D eigenvalue weighted by Crippen LogP contribution is 2.32. The van der Waals surface area contributed by atoms with Gasteiger partial charge in [0.05, 0.1) is 31.1 Å². The van der Waals surface area contributed by atoms with Crippen molar-refractivity contribution in [1.29, 1.82) is 0 Å². The zero-order valence-corrected chi connectivity index (χ0v) is 21.5. The van der Waals surface area contributed by atoms with Crippen LogP contribution in [0, 0.1) is 0 Å². The zero-order chi connectivity index (χ0) is 26.6. The summed E-state index contributed by atoms with van der Waals surface area (Å²) in [7, 11) is 1.52. The number of carbonyl (C=O) groups excluding carboxylic acids is 2. The Labute approximate surface area is 216 Å². The van der Waals surface area contributed by atoms with Crippen LogP contribution in [0.15, 0.2) is 67.1 Å². The number of amides is 2. The third kappa shape index (κ3) is 6.12. The Balaban J connectivity index is 1.77. The van der Waals surface area contributed by atoms with E-state index in [0.29, 0.717) is 29.4 Å². The lowest BCUT2D eigenvalue weighted by Crippen LogP contribution is -2.48. The Kier molecular flexibility index (Phi) is 7.85. The predicted octanol–water partition coefficient (Wildman–Crippen LogP) is 3.22. The largest absolute Gasteiger partial charge is 0.481 e. The van der Waals surface area contributed by atoms with Crippen molar-refractivity contribution in [3.05, 3.63) is 78.2 Å². The fraction of sp³-hybridized carbons (Fsp3) is 0.357. The Morgan fingerprint density at radius 3 is 2.43 bits per heavy atom. The maximum atomic E-state index is 14.0. The van der Waals surface area contributed by atoms with Gasteiger partial charge >= 0.3 is 0 Å². The van der Waals surface area contributed by atoms with Crippen LogP contribution < -0.4 is 20.3 Å². The Hall–Kier alpha value is -3.82. The summed E-state index contributed by atoms with van der Waals surface area (Å²) in [6.07, 6.45) is 4.33. The Morgan fingerprint density at radius 2 is 1.89 bits per heavy atom. The second-order valence-electron chi connectivity index (χ2n) is 10.1. The van der Waals surface area contributed by atoms with E-state index in [1.165, 1.54) is 18.2 Å². The maximum Gasteiger partial charge on any atom is 0.252 e. The molecule has 1 aliphatic rings.